The third kappa shape index (κ3) is 3.36. The maximum absolute atomic E-state index is 14.9. The second-order valence-electron chi connectivity index (χ2n) is 7.57. The molecule has 1 atom stereocenters. The number of aromatic nitrogens is 3. The number of halogens is 5. The first kappa shape index (κ1) is 21.4. The number of carbonyl (C=O) groups is 1. The number of alkyl halides is 3. The van der Waals surface area contributed by atoms with Gasteiger partial charge in [0.15, 0.2) is 5.82 Å². The molecule has 0 spiro atoms. The Morgan fingerprint density at radius 2 is 2.06 bits per heavy atom. The van der Waals surface area contributed by atoms with Gasteiger partial charge in [0.05, 0.1) is 28.2 Å². The summed E-state index contributed by atoms with van der Waals surface area (Å²) in [5.41, 5.74) is 6.39. The van der Waals surface area contributed by atoms with Crippen LogP contribution in [0.2, 0.25) is 0 Å². The van der Waals surface area contributed by atoms with Crippen molar-refractivity contribution in [1.82, 2.24) is 19.3 Å². The van der Waals surface area contributed by atoms with Crippen LogP contribution in [0.4, 0.5) is 23.4 Å². The quantitative estimate of drug-likeness (QED) is 0.388. The zero-order valence-electron chi connectivity index (χ0n) is 16.8. The van der Waals surface area contributed by atoms with Crippen molar-refractivity contribution in [3.63, 3.8) is 0 Å². The summed E-state index contributed by atoms with van der Waals surface area (Å²) >= 11 is 3.28. The van der Waals surface area contributed by atoms with Crippen molar-refractivity contribution >= 4 is 44.2 Å². The highest BCUT2D eigenvalue weighted by Crippen LogP contribution is 2.40. The molecule has 1 aliphatic rings. The van der Waals surface area contributed by atoms with Gasteiger partial charge in [0.1, 0.15) is 34.6 Å². The Morgan fingerprint density at radius 3 is 2.79 bits per heavy atom. The number of fused-ring (bicyclic) bond motifs is 4. The van der Waals surface area contributed by atoms with Crippen LogP contribution in [0, 0.1) is 5.82 Å². The number of nitrogens with zero attached hydrogens (tertiary/aromatic N) is 4. The van der Waals surface area contributed by atoms with E-state index in [0.29, 0.717) is 21.2 Å². The van der Waals surface area contributed by atoms with Crippen molar-refractivity contribution < 1.29 is 27.1 Å². The fourth-order valence-electron chi connectivity index (χ4n) is 3.94. The van der Waals surface area contributed by atoms with Gasteiger partial charge in [-0.3, -0.25) is 9.20 Å². The van der Waals surface area contributed by atoms with E-state index in [0.717, 1.165) is 18.2 Å². The summed E-state index contributed by atoms with van der Waals surface area (Å²) < 4.78 is 61.3. The summed E-state index contributed by atoms with van der Waals surface area (Å²) in [6, 6.07) is 4.87. The van der Waals surface area contributed by atoms with Gasteiger partial charge in [0.2, 0.25) is 0 Å². The average Bonchev–Trinajstić information content (AvgIpc) is 3.35. The third-order valence-electron chi connectivity index (χ3n) is 5.65. The fourth-order valence-corrected chi connectivity index (χ4v) is 4.43. The first-order chi connectivity index (χ1) is 15.6. The van der Waals surface area contributed by atoms with Crippen LogP contribution in [-0.2, 0) is 6.18 Å². The molecule has 1 aliphatic heterocycles. The molecular formula is C21H14BrF4N5O2. The van der Waals surface area contributed by atoms with E-state index in [1.165, 1.54) is 30.4 Å². The third-order valence-corrected chi connectivity index (χ3v) is 6.23. The predicted octanol–water partition coefficient (Wildman–Crippen LogP) is 4.59. The molecule has 0 unspecified atom stereocenters. The molecule has 0 radical (unpaired) electrons. The van der Waals surface area contributed by atoms with Crippen LogP contribution in [-0.4, -0.2) is 38.8 Å². The van der Waals surface area contributed by atoms with Crippen LogP contribution in [0.3, 0.4) is 0 Å². The van der Waals surface area contributed by atoms with Crippen LogP contribution in [0.15, 0.2) is 41.3 Å². The van der Waals surface area contributed by atoms with Gasteiger partial charge in [-0.05, 0) is 34.1 Å². The number of nitrogen functional groups attached to an aromatic ring is 1. The van der Waals surface area contributed by atoms with E-state index in [2.05, 4.69) is 25.9 Å². The number of anilines is 1. The van der Waals surface area contributed by atoms with Crippen LogP contribution in [0.25, 0.3) is 16.6 Å². The summed E-state index contributed by atoms with van der Waals surface area (Å²) in [6.07, 6.45) is -3.05. The molecule has 0 saturated heterocycles. The van der Waals surface area contributed by atoms with E-state index < -0.39 is 29.5 Å². The van der Waals surface area contributed by atoms with Gasteiger partial charge in [0.25, 0.3) is 5.91 Å². The second-order valence-corrected chi connectivity index (χ2v) is 8.32. The van der Waals surface area contributed by atoms with Crippen LogP contribution in [0.5, 0.6) is 5.75 Å². The molecule has 0 bridgehead atoms. The van der Waals surface area contributed by atoms with Crippen LogP contribution in [0.1, 0.15) is 27.5 Å². The molecule has 12 heteroatoms. The van der Waals surface area contributed by atoms with Crippen molar-refractivity contribution in [3.05, 3.63) is 63.8 Å². The summed E-state index contributed by atoms with van der Waals surface area (Å²) in [7, 11) is 1.44. The van der Waals surface area contributed by atoms with Crippen molar-refractivity contribution in [3.8, 4) is 5.75 Å². The molecule has 0 aliphatic carbocycles. The van der Waals surface area contributed by atoms with E-state index in [1.54, 1.807) is 4.40 Å². The number of likely N-dealkylation sites (N-methyl/N-ethyl adjacent to an activating group) is 1. The number of benzene rings is 2. The topological polar surface area (TPSA) is 85.8 Å². The summed E-state index contributed by atoms with van der Waals surface area (Å²) in [6.45, 7) is -0.0507. The number of hydrogen-bond donors (Lipinski definition) is 1. The monoisotopic (exact) mass is 523 g/mol. The van der Waals surface area contributed by atoms with E-state index in [-0.39, 0.29) is 29.3 Å². The zero-order valence-corrected chi connectivity index (χ0v) is 18.4. The Kier molecular flexibility index (Phi) is 4.74. The van der Waals surface area contributed by atoms with Crippen molar-refractivity contribution in [1.29, 1.82) is 0 Å². The van der Waals surface area contributed by atoms with E-state index >= 15 is 0 Å². The van der Waals surface area contributed by atoms with Gasteiger partial charge in [-0.15, -0.1) is 0 Å². The lowest BCUT2D eigenvalue weighted by Gasteiger charge is -2.24. The van der Waals surface area contributed by atoms with Crippen molar-refractivity contribution in [2.75, 3.05) is 19.4 Å². The number of ether oxygens (including phenoxy) is 1. The zero-order chi connectivity index (χ0) is 23.7. The standard InChI is InChI=1S/C21H14BrF4N5O2/c1-30(15-7-33-16-4-9(21(24,25)26)2-3-10(15)16)20(32)11-5-14-13(6-12(11)23)29-19(27)17-18(22)28-8-31(14)17/h2-6,8,15H,7H2,1H3,(H2,27,29)/t15-/m1/s1. The summed E-state index contributed by atoms with van der Waals surface area (Å²) in [5.74, 6) is -1.30. The maximum Gasteiger partial charge on any atom is 0.416 e. The number of hydrogen-bond acceptors (Lipinski definition) is 5. The Labute approximate surface area is 191 Å². The minimum Gasteiger partial charge on any atom is -0.491 e. The van der Waals surface area contributed by atoms with E-state index in [1.807, 2.05) is 0 Å². The molecule has 1 amide bonds. The lowest BCUT2D eigenvalue weighted by Crippen LogP contribution is -2.32. The molecule has 4 aromatic rings. The lowest BCUT2D eigenvalue weighted by molar-refractivity contribution is -0.137. The van der Waals surface area contributed by atoms with Crippen LogP contribution >= 0.6 is 15.9 Å². The highest BCUT2D eigenvalue weighted by Gasteiger charge is 2.36. The van der Waals surface area contributed by atoms with Gasteiger partial charge in [-0.2, -0.15) is 13.2 Å². The SMILES string of the molecule is CN(C(=O)c1cc2c(cc1F)nc(N)c1c(Br)ncn12)[C@@H]1COc2cc(C(F)(F)F)ccc21. The van der Waals surface area contributed by atoms with Gasteiger partial charge >= 0.3 is 6.18 Å². The molecule has 2 aromatic carbocycles. The minimum atomic E-state index is -4.52. The molecule has 170 valence electrons. The molecule has 2 N–H and O–H groups in total. The molecule has 0 fully saturated rings. The highest BCUT2D eigenvalue weighted by molar-refractivity contribution is 9.10. The van der Waals surface area contributed by atoms with Gasteiger partial charge in [-0.25, -0.2) is 14.4 Å². The molecule has 33 heavy (non-hydrogen) atoms. The van der Waals surface area contributed by atoms with E-state index in [4.69, 9.17) is 10.5 Å². The number of nitrogens with two attached hydrogens (primary N) is 1. The second kappa shape index (κ2) is 7.30. The summed E-state index contributed by atoms with van der Waals surface area (Å²) in [4.78, 5) is 22.8. The van der Waals surface area contributed by atoms with Crippen molar-refractivity contribution in [2.24, 2.45) is 0 Å². The molecule has 2 aromatic heterocycles. The predicted molar refractivity (Wildman–Crippen MR) is 114 cm³/mol. The van der Waals surface area contributed by atoms with Gasteiger partial charge in [-0.1, -0.05) is 6.07 Å². The molecule has 5 rings (SSSR count). The Hall–Kier alpha value is -3.41. The first-order valence-corrected chi connectivity index (χ1v) is 10.4. The molecule has 3 heterocycles. The van der Waals surface area contributed by atoms with Crippen LogP contribution < -0.4 is 10.5 Å². The van der Waals surface area contributed by atoms with Crippen molar-refractivity contribution in [2.45, 2.75) is 12.2 Å². The van der Waals surface area contributed by atoms with E-state index in [9.17, 15) is 22.4 Å². The Balaban J connectivity index is 1.54. The normalized spacial score (nSPS) is 15.6. The number of imidazole rings is 1. The fraction of sp³-hybridized carbons (Fsp3) is 0.190. The largest absolute Gasteiger partial charge is 0.491 e. The molecule has 0 saturated carbocycles. The Morgan fingerprint density at radius 1 is 1.30 bits per heavy atom. The lowest BCUT2D eigenvalue weighted by atomic mass is 10.0. The minimum absolute atomic E-state index is 0.0399. The first-order valence-electron chi connectivity index (χ1n) is 9.58. The van der Waals surface area contributed by atoms with Gasteiger partial charge in [0, 0.05) is 18.7 Å². The number of rotatable bonds is 2. The molecule has 7 nitrogen and oxygen atoms in total. The molecular weight excluding hydrogens is 510 g/mol. The maximum atomic E-state index is 14.9. The average molecular weight is 524 g/mol. The highest BCUT2D eigenvalue weighted by atomic mass is 79.9. The summed E-state index contributed by atoms with van der Waals surface area (Å²) in [5, 5.41) is 0. The smallest absolute Gasteiger partial charge is 0.416 e. The van der Waals surface area contributed by atoms with Gasteiger partial charge < -0.3 is 15.4 Å². The number of amides is 1. The number of carbonyl (C=O) groups excluding carboxylic acids is 1. The Bertz CT molecular complexity index is 1450.